The molecule has 1 saturated carbocycles. The fourth-order valence-electron chi connectivity index (χ4n) is 4.25. The van der Waals surface area contributed by atoms with E-state index in [2.05, 4.69) is 9.97 Å². The van der Waals surface area contributed by atoms with Gasteiger partial charge in [-0.3, -0.25) is 23.5 Å². The molecule has 0 N–H and O–H groups in total. The van der Waals surface area contributed by atoms with Gasteiger partial charge < -0.3 is 4.74 Å². The monoisotopic (exact) mass is 476 g/mol. The van der Waals surface area contributed by atoms with Crippen molar-refractivity contribution in [1.29, 1.82) is 0 Å². The highest BCUT2D eigenvalue weighted by molar-refractivity contribution is 7.12. The van der Waals surface area contributed by atoms with Crippen LogP contribution in [0.2, 0.25) is 0 Å². The average molecular weight is 477 g/mol. The maximum absolute atomic E-state index is 13.0. The lowest BCUT2D eigenvalue weighted by Crippen LogP contribution is -2.25. The second-order valence-corrected chi connectivity index (χ2v) is 9.34. The average Bonchev–Trinajstić information content (AvgIpc) is 3.43. The second kappa shape index (κ2) is 8.98. The van der Waals surface area contributed by atoms with E-state index in [9.17, 15) is 14.4 Å². The van der Waals surface area contributed by atoms with E-state index in [4.69, 9.17) is 4.74 Å². The number of benzene rings is 1. The maximum Gasteiger partial charge on any atom is 0.306 e. The Kier molecular flexibility index (Phi) is 5.87. The lowest BCUT2D eigenvalue weighted by molar-refractivity contribution is -0.142. The highest BCUT2D eigenvalue weighted by atomic mass is 32.1. The third kappa shape index (κ3) is 4.19. The molecule has 0 bridgehead atoms. The van der Waals surface area contributed by atoms with Gasteiger partial charge in [-0.1, -0.05) is 12.1 Å². The largest absolute Gasteiger partial charge is 0.457 e. The third-order valence-electron chi connectivity index (χ3n) is 6.05. The molecule has 5 rings (SSSR count). The molecule has 1 aliphatic rings. The molecule has 3 aromatic heterocycles. The number of aromatic nitrogens is 4. The number of hydrogen-bond acceptors (Lipinski definition) is 7. The molecular formula is C25H24N4O4S. The van der Waals surface area contributed by atoms with Crippen molar-refractivity contribution in [2.75, 3.05) is 6.61 Å². The zero-order valence-corrected chi connectivity index (χ0v) is 19.8. The van der Waals surface area contributed by atoms with Crippen LogP contribution in [0.1, 0.15) is 52.9 Å². The minimum Gasteiger partial charge on any atom is -0.457 e. The molecule has 174 valence electrons. The summed E-state index contributed by atoms with van der Waals surface area (Å²) < 4.78 is 8.92. The number of aryl methyl sites for hydroxylation is 2. The molecule has 0 aliphatic heterocycles. The zero-order valence-electron chi connectivity index (χ0n) is 19.0. The quantitative estimate of drug-likeness (QED) is 0.282. The van der Waals surface area contributed by atoms with E-state index in [1.165, 1.54) is 11.3 Å². The predicted octanol–water partition coefficient (Wildman–Crippen LogP) is 3.95. The molecule has 1 fully saturated rings. The first-order valence-electron chi connectivity index (χ1n) is 11.2. The number of nitrogens with zero attached hydrogens (tertiary/aromatic N) is 4. The highest BCUT2D eigenvalue weighted by Gasteiger charge is 2.28. The van der Waals surface area contributed by atoms with Gasteiger partial charge in [0.2, 0.25) is 5.78 Å². The topological polar surface area (TPSA) is 96.1 Å². The summed E-state index contributed by atoms with van der Waals surface area (Å²) in [6.07, 6.45) is 3.91. The molecule has 34 heavy (non-hydrogen) atoms. The molecule has 8 nitrogen and oxygen atoms in total. The van der Waals surface area contributed by atoms with Crippen molar-refractivity contribution < 1.29 is 14.3 Å². The molecule has 0 amide bonds. The summed E-state index contributed by atoms with van der Waals surface area (Å²) in [5, 5.41) is 3.25. The summed E-state index contributed by atoms with van der Waals surface area (Å²) in [7, 11) is 0. The first-order valence-corrected chi connectivity index (χ1v) is 12.1. The van der Waals surface area contributed by atoms with Crippen LogP contribution in [0.3, 0.4) is 0 Å². The minimum absolute atomic E-state index is 0.0446. The second-order valence-electron chi connectivity index (χ2n) is 8.47. The van der Waals surface area contributed by atoms with Gasteiger partial charge in [-0.2, -0.15) is 0 Å². The Balaban J connectivity index is 1.25. The van der Waals surface area contributed by atoms with E-state index < -0.39 is 5.97 Å². The Morgan fingerprint density at radius 3 is 2.74 bits per heavy atom. The molecular weight excluding hydrogens is 452 g/mol. The molecule has 4 aromatic rings. The number of Topliss-reactive ketones (excluding diaryl/α,β-unsaturated/α-hetero) is 1. The van der Waals surface area contributed by atoms with Gasteiger partial charge in [-0.05, 0) is 44.9 Å². The number of thiazole rings is 1. The fourth-order valence-corrected chi connectivity index (χ4v) is 5.00. The fraction of sp³-hybridized carbons (Fsp3) is 0.320. The van der Waals surface area contributed by atoms with Gasteiger partial charge >= 0.3 is 5.97 Å². The molecule has 0 radical (unpaired) electrons. The van der Waals surface area contributed by atoms with Gasteiger partial charge in [-0.25, -0.2) is 9.97 Å². The summed E-state index contributed by atoms with van der Waals surface area (Å²) in [5.74, 6) is -0.170. The van der Waals surface area contributed by atoms with Crippen LogP contribution in [0.5, 0.6) is 0 Å². The van der Waals surface area contributed by atoms with Crippen LogP contribution >= 0.6 is 11.3 Å². The number of ether oxygens (including phenoxy) is 1. The Labute approximate surface area is 199 Å². The standard InChI is InChI=1S/C25H24N4O4S/c1-15-13-19(16(2)28(15)25-26-11-12-34-25)21(30)14-33-23(31)10-9-22-27-20-6-4-3-5-18(20)24(32)29(22)17-7-8-17/h3-6,11-13,17H,7-10,14H2,1-2H3. The van der Waals surface area contributed by atoms with Gasteiger partial charge in [0, 0.05) is 41.0 Å². The number of esters is 1. The molecule has 1 aliphatic carbocycles. The molecule has 0 spiro atoms. The Hall–Kier alpha value is -3.59. The summed E-state index contributed by atoms with van der Waals surface area (Å²) in [5.41, 5.74) is 2.73. The van der Waals surface area contributed by atoms with Gasteiger partial charge in [0.15, 0.2) is 11.7 Å². The van der Waals surface area contributed by atoms with E-state index in [0.29, 0.717) is 22.3 Å². The lowest BCUT2D eigenvalue weighted by atomic mass is 10.1. The lowest BCUT2D eigenvalue weighted by Gasteiger charge is -2.12. The number of para-hydroxylation sites is 1. The Morgan fingerprint density at radius 2 is 2.00 bits per heavy atom. The molecule has 9 heteroatoms. The van der Waals surface area contributed by atoms with Crippen LogP contribution in [0.25, 0.3) is 16.0 Å². The number of fused-ring (bicyclic) bond motifs is 1. The molecule has 3 heterocycles. The van der Waals surface area contributed by atoms with E-state index >= 15 is 0 Å². The molecule has 0 atom stereocenters. The van der Waals surface area contributed by atoms with Crippen molar-refractivity contribution >= 4 is 34.0 Å². The van der Waals surface area contributed by atoms with Crippen molar-refractivity contribution in [1.82, 2.24) is 19.1 Å². The predicted molar refractivity (Wildman–Crippen MR) is 129 cm³/mol. The first kappa shape index (κ1) is 22.2. The highest BCUT2D eigenvalue weighted by Crippen LogP contribution is 2.35. The minimum atomic E-state index is -0.494. The first-order chi connectivity index (χ1) is 16.4. The van der Waals surface area contributed by atoms with E-state index in [1.807, 2.05) is 35.9 Å². The van der Waals surface area contributed by atoms with Crippen LogP contribution < -0.4 is 5.56 Å². The Bertz CT molecular complexity index is 1450. The van der Waals surface area contributed by atoms with Crippen LogP contribution in [0, 0.1) is 13.8 Å². The third-order valence-corrected chi connectivity index (χ3v) is 6.81. The SMILES string of the molecule is Cc1cc(C(=O)COC(=O)CCc2nc3ccccc3c(=O)n2C2CC2)c(C)n1-c1nccs1. The number of carbonyl (C=O) groups excluding carboxylic acids is 2. The van der Waals surface area contributed by atoms with Crippen molar-refractivity contribution in [2.45, 2.75) is 45.6 Å². The normalized spacial score (nSPS) is 13.4. The van der Waals surface area contributed by atoms with Crippen molar-refractivity contribution in [3.05, 3.63) is 75.0 Å². The summed E-state index contributed by atoms with van der Waals surface area (Å²) in [4.78, 5) is 47.1. The van der Waals surface area contributed by atoms with Gasteiger partial charge in [-0.15, -0.1) is 11.3 Å². The summed E-state index contributed by atoms with van der Waals surface area (Å²) in [6.45, 7) is 3.43. The summed E-state index contributed by atoms with van der Waals surface area (Å²) in [6, 6.07) is 9.18. The van der Waals surface area contributed by atoms with Crippen LogP contribution in [-0.4, -0.2) is 37.5 Å². The summed E-state index contributed by atoms with van der Waals surface area (Å²) >= 11 is 1.49. The van der Waals surface area contributed by atoms with Gasteiger partial charge in [0.25, 0.3) is 5.56 Å². The van der Waals surface area contributed by atoms with Crippen molar-refractivity contribution in [3.63, 3.8) is 0 Å². The van der Waals surface area contributed by atoms with Crippen LogP contribution in [0.15, 0.2) is 46.7 Å². The molecule has 0 saturated heterocycles. The Morgan fingerprint density at radius 1 is 1.21 bits per heavy atom. The zero-order chi connectivity index (χ0) is 23.8. The van der Waals surface area contributed by atoms with Gasteiger partial charge in [0.1, 0.15) is 5.82 Å². The van der Waals surface area contributed by atoms with E-state index in [-0.39, 0.29) is 36.8 Å². The maximum atomic E-state index is 13.0. The number of carbonyl (C=O) groups is 2. The smallest absolute Gasteiger partial charge is 0.306 e. The van der Waals surface area contributed by atoms with Crippen LogP contribution in [0.4, 0.5) is 0 Å². The van der Waals surface area contributed by atoms with E-state index in [0.717, 1.165) is 29.4 Å². The molecule has 1 aromatic carbocycles. The molecule has 0 unspecified atom stereocenters. The number of rotatable bonds is 8. The van der Waals surface area contributed by atoms with E-state index in [1.54, 1.807) is 29.0 Å². The van der Waals surface area contributed by atoms with Crippen molar-refractivity contribution in [2.24, 2.45) is 0 Å². The number of hydrogen-bond donors (Lipinski definition) is 0. The van der Waals surface area contributed by atoms with Gasteiger partial charge in [0.05, 0.1) is 17.3 Å². The van der Waals surface area contributed by atoms with Crippen molar-refractivity contribution in [3.8, 4) is 5.13 Å². The number of ketones is 1. The van der Waals surface area contributed by atoms with Crippen LogP contribution in [-0.2, 0) is 16.0 Å².